The standard InChI is InChI=1S/C48H33NO/c1-4-15-34(16-5-1)35-27-30-39(31-28-35)49(46-25-14-24-43-42-23-12-13-26-47(42)50-48(43)46)45-32-29-38(33-44(45)37-19-8-3-9-20-37)41-22-11-10-21-40(41)36-17-6-2-7-18-36/h1-33H. The first kappa shape index (κ1) is 29.5. The molecule has 50 heavy (non-hydrogen) atoms. The summed E-state index contributed by atoms with van der Waals surface area (Å²) < 4.78 is 6.66. The highest BCUT2D eigenvalue weighted by Gasteiger charge is 2.23. The lowest BCUT2D eigenvalue weighted by Gasteiger charge is -2.28. The summed E-state index contributed by atoms with van der Waals surface area (Å²) in [6.07, 6.45) is 0. The van der Waals surface area contributed by atoms with Crippen molar-refractivity contribution in [2.75, 3.05) is 4.90 Å². The highest BCUT2D eigenvalue weighted by Crippen LogP contribution is 2.47. The number of benzene rings is 8. The minimum Gasteiger partial charge on any atom is -0.454 e. The summed E-state index contributed by atoms with van der Waals surface area (Å²) in [7, 11) is 0. The highest BCUT2D eigenvalue weighted by atomic mass is 16.3. The Morgan fingerprint density at radius 3 is 1.54 bits per heavy atom. The van der Waals surface area contributed by atoms with Crippen LogP contribution in [0.3, 0.4) is 0 Å². The van der Waals surface area contributed by atoms with Crippen LogP contribution >= 0.6 is 0 Å². The number of para-hydroxylation sites is 2. The summed E-state index contributed by atoms with van der Waals surface area (Å²) in [6.45, 7) is 0. The van der Waals surface area contributed by atoms with Crippen LogP contribution in [0.2, 0.25) is 0 Å². The van der Waals surface area contributed by atoms with Crippen molar-refractivity contribution in [3.63, 3.8) is 0 Å². The van der Waals surface area contributed by atoms with Crippen molar-refractivity contribution in [2.24, 2.45) is 0 Å². The fourth-order valence-corrected chi connectivity index (χ4v) is 7.10. The molecule has 0 saturated carbocycles. The largest absolute Gasteiger partial charge is 0.454 e. The molecule has 0 aliphatic rings. The van der Waals surface area contributed by atoms with Gasteiger partial charge < -0.3 is 9.32 Å². The molecule has 0 amide bonds. The van der Waals surface area contributed by atoms with E-state index >= 15 is 0 Å². The van der Waals surface area contributed by atoms with E-state index in [1.165, 1.54) is 27.8 Å². The fraction of sp³-hybridized carbons (Fsp3) is 0. The van der Waals surface area contributed by atoms with Crippen LogP contribution in [0.5, 0.6) is 0 Å². The molecule has 8 aromatic carbocycles. The zero-order chi connectivity index (χ0) is 33.3. The molecule has 0 saturated heterocycles. The molecule has 0 aliphatic heterocycles. The number of rotatable bonds is 7. The third-order valence-electron chi connectivity index (χ3n) is 9.50. The molecule has 0 N–H and O–H groups in total. The summed E-state index contributed by atoms with van der Waals surface area (Å²) in [5.41, 5.74) is 14.2. The second-order valence-corrected chi connectivity index (χ2v) is 12.5. The smallest absolute Gasteiger partial charge is 0.159 e. The summed E-state index contributed by atoms with van der Waals surface area (Å²) >= 11 is 0. The summed E-state index contributed by atoms with van der Waals surface area (Å²) in [5, 5.41) is 2.21. The lowest BCUT2D eigenvalue weighted by atomic mass is 9.91. The van der Waals surface area contributed by atoms with Crippen LogP contribution in [0.15, 0.2) is 205 Å². The van der Waals surface area contributed by atoms with Gasteiger partial charge in [-0.25, -0.2) is 0 Å². The zero-order valence-corrected chi connectivity index (χ0v) is 27.4. The summed E-state index contributed by atoms with van der Waals surface area (Å²) in [4.78, 5) is 2.36. The van der Waals surface area contributed by atoms with Gasteiger partial charge in [0.05, 0.1) is 11.4 Å². The maximum atomic E-state index is 6.66. The van der Waals surface area contributed by atoms with Crippen LogP contribution in [0.25, 0.3) is 66.4 Å². The molecule has 0 unspecified atom stereocenters. The van der Waals surface area contributed by atoms with Crippen molar-refractivity contribution in [3.05, 3.63) is 200 Å². The van der Waals surface area contributed by atoms with Crippen LogP contribution in [-0.2, 0) is 0 Å². The van der Waals surface area contributed by atoms with Gasteiger partial charge in [0.25, 0.3) is 0 Å². The monoisotopic (exact) mass is 639 g/mol. The Bertz CT molecular complexity index is 2570. The summed E-state index contributed by atoms with van der Waals surface area (Å²) in [5.74, 6) is 0. The quantitative estimate of drug-likeness (QED) is 0.173. The summed E-state index contributed by atoms with van der Waals surface area (Å²) in [6, 6.07) is 71.0. The molecule has 0 spiro atoms. The fourth-order valence-electron chi connectivity index (χ4n) is 7.10. The van der Waals surface area contributed by atoms with Gasteiger partial charge >= 0.3 is 0 Å². The van der Waals surface area contributed by atoms with Gasteiger partial charge in [0.15, 0.2) is 5.58 Å². The third-order valence-corrected chi connectivity index (χ3v) is 9.50. The van der Waals surface area contributed by atoms with Crippen molar-refractivity contribution in [2.45, 2.75) is 0 Å². The zero-order valence-electron chi connectivity index (χ0n) is 27.4. The molecule has 1 heterocycles. The van der Waals surface area contributed by atoms with Crippen molar-refractivity contribution in [1.82, 2.24) is 0 Å². The Balaban J connectivity index is 1.29. The topological polar surface area (TPSA) is 16.4 Å². The number of furan rings is 1. The molecule has 9 rings (SSSR count). The van der Waals surface area contributed by atoms with Crippen molar-refractivity contribution < 1.29 is 4.42 Å². The molecule has 2 nitrogen and oxygen atoms in total. The number of nitrogens with zero attached hydrogens (tertiary/aromatic N) is 1. The van der Waals surface area contributed by atoms with Crippen LogP contribution < -0.4 is 4.90 Å². The Labute approximate surface area is 292 Å². The van der Waals surface area contributed by atoms with Gasteiger partial charge in [-0.15, -0.1) is 0 Å². The molecule has 0 aliphatic carbocycles. The predicted molar refractivity (Wildman–Crippen MR) is 210 cm³/mol. The van der Waals surface area contributed by atoms with Crippen LogP contribution in [0, 0.1) is 0 Å². The minimum absolute atomic E-state index is 0.860. The van der Waals surface area contributed by atoms with Crippen molar-refractivity contribution >= 4 is 39.0 Å². The van der Waals surface area contributed by atoms with Crippen LogP contribution in [-0.4, -0.2) is 0 Å². The Morgan fingerprint density at radius 2 is 0.840 bits per heavy atom. The first-order chi connectivity index (χ1) is 24.8. The molecule has 0 bridgehead atoms. The van der Waals surface area contributed by atoms with E-state index < -0.39 is 0 Å². The van der Waals surface area contributed by atoms with E-state index in [0.29, 0.717) is 0 Å². The van der Waals surface area contributed by atoms with Gasteiger partial charge in [0.1, 0.15) is 5.58 Å². The molecule has 0 atom stereocenters. The molecule has 236 valence electrons. The normalized spacial score (nSPS) is 11.2. The Kier molecular flexibility index (Phi) is 7.53. The average Bonchev–Trinajstić information content (AvgIpc) is 3.59. The number of hydrogen-bond donors (Lipinski definition) is 0. The Hall–Kier alpha value is -6.64. The molecular weight excluding hydrogens is 607 g/mol. The molecule has 9 aromatic rings. The second kappa shape index (κ2) is 12.8. The number of anilines is 3. The van der Waals surface area contributed by atoms with Gasteiger partial charge in [-0.2, -0.15) is 0 Å². The number of fused-ring (bicyclic) bond motifs is 3. The number of hydrogen-bond acceptors (Lipinski definition) is 2. The molecule has 0 fully saturated rings. The maximum absolute atomic E-state index is 6.66. The Morgan fingerprint density at radius 1 is 0.320 bits per heavy atom. The first-order valence-corrected chi connectivity index (χ1v) is 17.0. The lowest BCUT2D eigenvalue weighted by molar-refractivity contribution is 0.669. The van der Waals surface area contributed by atoms with Gasteiger partial charge in [-0.1, -0.05) is 164 Å². The molecule has 0 radical (unpaired) electrons. The predicted octanol–water partition coefficient (Wildman–Crippen LogP) is 13.7. The van der Waals surface area contributed by atoms with Gasteiger partial charge in [0.2, 0.25) is 0 Å². The van der Waals surface area contributed by atoms with Crippen molar-refractivity contribution in [3.8, 4) is 44.5 Å². The van der Waals surface area contributed by atoms with E-state index in [2.05, 4.69) is 193 Å². The van der Waals surface area contributed by atoms with E-state index in [0.717, 1.165) is 55.7 Å². The minimum atomic E-state index is 0.860. The van der Waals surface area contributed by atoms with E-state index in [1.807, 2.05) is 12.1 Å². The van der Waals surface area contributed by atoms with E-state index in [-0.39, 0.29) is 0 Å². The first-order valence-electron chi connectivity index (χ1n) is 17.0. The van der Waals surface area contributed by atoms with Gasteiger partial charge in [-0.05, 0) is 75.3 Å². The maximum Gasteiger partial charge on any atom is 0.159 e. The molecule has 2 heteroatoms. The lowest BCUT2D eigenvalue weighted by Crippen LogP contribution is -2.11. The molecular formula is C48H33NO. The van der Waals surface area contributed by atoms with E-state index in [9.17, 15) is 0 Å². The van der Waals surface area contributed by atoms with E-state index in [4.69, 9.17) is 4.42 Å². The van der Waals surface area contributed by atoms with Crippen LogP contribution in [0.1, 0.15) is 0 Å². The van der Waals surface area contributed by atoms with Crippen LogP contribution in [0.4, 0.5) is 17.1 Å². The SMILES string of the molecule is c1ccc(-c2ccc(N(c3ccc(-c4ccccc4-c4ccccc4)cc3-c3ccccc3)c3cccc4c3oc3ccccc34)cc2)cc1. The van der Waals surface area contributed by atoms with Gasteiger partial charge in [-0.3, -0.25) is 0 Å². The molecule has 1 aromatic heterocycles. The highest BCUT2D eigenvalue weighted by molar-refractivity contribution is 6.11. The van der Waals surface area contributed by atoms with Gasteiger partial charge in [0, 0.05) is 22.0 Å². The average molecular weight is 640 g/mol. The van der Waals surface area contributed by atoms with Crippen molar-refractivity contribution in [1.29, 1.82) is 0 Å². The van der Waals surface area contributed by atoms with E-state index in [1.54, 1.807) is 0 Å². The third kappa shape index (κ3) is 5.34. The second-order valence-electron chi connectivity index (χ2n) is 12.5.